The molecule has 1 aromatic carbocycles. The van der Waals surface area contributed by atoms with Gasteiger partial charge in [0.05, 0.1) is 0 Å². The van der Waals surface area contributed by atoms with Crippen LogP contribution < -0.4 is 10.1 Å². The zero-order valence-corrected chi connectivity index (χ0v) is 14.1. The van der Waals surface area contributed by atoms with E-state index in [1.807, 2.05) is 6.07 Å². The van der Waals surface area contributed by atoms with Crippen molar-refractivity contribution in [1.82, 2.24) is 10.2 Å². The number of amides is 2. The molecule has 0 aliphatic carbocycles. The SMILES string of the molecule is CC1(C)S[C@@H]2[C@H](NC(=O)COc3ccccc3)C(=O)N2[C@H]1C(=O)O.[CaH2]. The van der Waals surface area contributed by atoms with Crippen LogP contribution in [-0.2, 0) is 14.4 Å². The molecule has 0 bridgehead atoms. The van der Waals surface area contributed by atoms with Crippen LogP contribution in [0.2, 0.25) is 0 Å². The van der Waals surface area contributed by atoms with Crippen molar-refractivity contribution in [3.63, 3.8) is 0 Å². The summed E-state index contributed by atoms with van der Waals surface area (Å²) < 4.78 is 4.74. The maximum atomic E-state index is 12.2. The van der Waals surface area contributed by atoms with Gasteiger partial charge in [0.25, 0.3) is 5.91 Å². The van der Waals surface area contributed by atoms with Gasteiger partial charge in [0.15, 0.2) is 6.61 Å². The minimum absolute atomic E-state index is 0. The Morgan fingerprint density at radius 1 is 1.32 bits per heavy atom. The van der Waals surface area contributed by atoms with E-state index < -0.39 is 28.7 Å². The molecule has 132 valence electrons. The zero-order chi connectivity index (χ0) is 17.5. The summed E-state index contributed by atoms with van der Waals surface area (Å²) in [5, 5.41) is 11.6. The van der Waals surface area contributed by atoms with Crippen LogP contribution in [0.3, 0.4) is 0 Å². The molecule has 7 nitrogen and oxygen atoms in total. The van der Waals surface area contributed by atoms with Gasteiger partial charge in [-0.25, -0.2) is 4.79 Å². The van der Waals surface area contributed by atoms with Crippen molar-refractivity contribution in [1.29, 1.82) is 0 Å². The van der Waals surface area contributed by atoms with Gasteiger partial charge in [-0.05, 0) is 26.0 Å². The molecule has 2 saturated heterocycles. The molecule has 2 aliphatic rings. The van der Waals surface area contributed by atoms with Crippen molar-refractivity contribution in [3.05, 3.63) is 30.3 Å². The summed E-state index contributed by atoms with van der Waals surface area (Å²) in [4.78, 5) is 37.0. The normalized spacial score (nSPS) is 26.1. The molecule has 2 heterocycles. The number of rotatable bonds is 5. The van der Waals surface area contributed by atoms with Crippen molar-refractivity contribution in [2.24, 2.45) is 0 Å². The first-order valence-corrected chi connectivity index (χ1v) is 8.39. The summed E-state index contributed by atoms with van der Waals surface area (Å²) in [7, 11) is 0. The molecule has 1 aromatic rings. The van der Waals surface area contributed by atoms with Crippen LogP contribution in [0.4, 0.5) is 0 Å². The van der Waals surface area contributed by atoms with Crippen LogP contribution in [0.5, 0.6) is 5.75 Å². The number of β-lactam (4-membered cyclic amide) rings is 1. The van der Waals surface area contributed by atoms with Gasteiger partial charge in [-0.3, -0.25) is 9.59 Å². The average molecular weight is 392 g/mol. The van der Waals surface area contributed by atoms with Gasteiger partial charge in [0.2, 0.25) is 5.91 Å². The molecule has 2 amide bonds. The fourth-order valence-corrected chi connectivity index (χ4v) is 4.65. The molecule has 0 radical (unpaired) electrons. The number of nitrogens with zero attached hydrogens (tertiary/aromatic N) is 1. The van der Waals surface area contributed by atoms with E-state index in [2.05, 4.69) is 5.32 Å². The second kappa shape index (κ2) is 7.73. The van der Waals surface area contributed by atoms with Gasteiger partial charge in [0.1, 0.15) is 23.2 Å². The van der Waals surface area contributed by atoms with Crippen molar-refractivity contribution >= 4 is 67.3 Å². The Bertz CT molecular complexity index is 684. The first kappa shape index (κ1) is 20.4. The summed E-state index contributed by atoms with van der Waals surface area (Å²) in [5.41, 5.74) is 0. The number of carboxylic acid groups (broad SMARTS) is 1. The van der Waals surface area contributed by atoms with Crippen molar-refractivity contribution in [2.75, 3.05) is 6.61 Å². The summed E-state index contributed by atoms with van der Waals surface area (Å²) in [6.45, 7) is 3.38. The van der Waals surface area contributed by atoms with Crippen LogP contribution in [0.1, 0.15) is 13.8 Å². The van der Waals surface area contributed by atoms with E-state index in [0.717, 1.165) is 0 Å². The number of para-hydroxylation sites is 1. The van der Waals surface area contributed by atoms with E-state index in [0.29, 0.717) is 5.75 Å². The third-order valence-electron chi connectivity index (χ3n) is 4.10. The number of nitrogens with one attached hydrogen (secondary N) is 1. The number of carboxylic acids is 1. The molecule has 2 aliphatic heterocycles. The number of thioether (sulfide) groups is 1. The summed E-state index contributed by atoms with van der Waals surface area (Å²) in [5.74, 6) is -1.23. The summed E-state index contributed by atoms with van der Waals surface area (Å²) >= 11 is 1.39. The third kappa shape index (κ3) is 3.92. The molecule has 2 N–H and O–H groups in total. The first-order chi connectivity index (χ1) is 11.3. The van der Waals surface area contributed by atoms with Crippen LogP contribution in [0.25, 0.3) is 0 Å². The molecule has 0 unspecified atom stereocenters. The van der Waals surface area contributed by atoms with Gasteiger partial charge in [0, 0.05) is 4.75 Å². The van der Waals surface area contributed by atoms with Gasteiger partial charge >= 0.3 is 43.7 Å². The Labute approximate surface area is 179 Å². The first-order valence-electron chi connectivity index (χ1n) is 7.51. The van der Waals surface area contributed by atoms with Crippen LogP contribution in [0, 0.1) is 0 Å². The molecule has 25 heavy (non-hydrogen) atoms. The second-order valence-corrected chi connectivity index (χ2v) is 8.02. The van der Waals surface area contributed by atoms with Crippen molar-refractivity contribution in [2.45, 2.75) is 36.1 Å². The molecule has 2 fully saturated rings. The standard InChI is InChI=1S/C16H18N2O5S.Ca.2H/c1-16(2)12(15(21)22)18-13(20)11(14(18)24-16)17-10(19)8-23-9-6-4-3-5-7-9;;;/h3-7,11-12,14H,8H2,1-2H3,(H,17,19)(H,21,22);;;/t11-,12+,14-;;;/m1.../s1. The second-order valence-electron chi connectivity index (χ2n) is 6.25. The van der Waals surface area contributed by atoms with Crippen LogP contribution in [0.15, 0.2) is 30.3 Å². The predicted octanol–water partition coefficient (Wildman–Crippen LogP) is -0.219. The molecule has 3 atom stereocenters. The van der Waals surface area contributed by atoms with E-state index in [4.69, 9.17) is 4.74 Å². The van der Waals surface area contributed by atoms with Gasteiger partial charge < -0.3 is 20.1 Å². The number of benzene rings is 1. The van der Waals surface area contributed by atoms with Crippen molar-refractivity contribution < 1.29 is 24.2 Å². The monoisotopic (exact) mass is 392 g/mol. The topological polar surface area (TPSA) is 95.9 Å². The van der Waals surface area contributed by atoms with Gasteiger partial charge in [-0.15, -0.1) is 11.8 Å². The molecule has 9 heteroatoms. The van der Waals surface area contributed by atoms with E-state index >= 15 is 0 Å². The summed E-state index contributed by atoms with van der Waals surface area (Å²) in [6, 6.07) is 7.31. The molecular weight excluding hydrogens is 372 g/mol. The predicted molar refractivity (Wildman–Crippen MR) is 96.1 cm³/mol. The zero-order valence-electron chi connectivity index (χ0n) is 13.3. The Kier molecular flexibility index (Phi) is 6.30. The third-order valence-corrected chi connectivity index (χ3v) is 5.68. The van der Waals surface area contributed by atoms with Gasteiger partial charge in [-0.1, -0.05) is 18.2 Å². The Hall–Kier alpha value is -0.960. The van der Waals surface area contributed by atoms with E-state index in [1.54, 1.807) is 38.1 Å². The molecule has 0 aromatic heterocycles. The number of aliphatic carboxylic acids is 1. The van der Waals surface area contributed by atoms with Crippen LogP contribution >= 0.6 is 11.8 Å². The number of carbonyl (C=O) groups is 3. The number of ether oxygens (including phenoxy) is 1. The molecule has 0 saturated carbocycles. The fraction of sp³-hybridized carbons (Fsp3) is 0.438. The Balaban J connectivity index is 0.00000225. The Morgan fingerprint density at radius 2 is 1.96 bits per heavy atom. The van der Waals surface area contributed by atoms with E-state index in [9.17, 15) is 19.5 Å². The van der Waals surface area contributed by atoms with E-state index in [-0.39, 0.29) is 55.6 Å². The summed E-state index contributed by atoms with van der Waals surface area (Å²) in [6.07, 6.45) is 0. The fourth-order valence-electron chi connectivity index (χ4n) is 3.03. The maximum absolute atomic E-state index is 12.2. The van der Waals surface area contributed by atoms with Crippen molar-refractivity contribution in [3.8, 4) is 5.75 Å². The molecule has 0 spiro atoms. The quantitative estimate of drug-likeness (QED) is 0.531. The number of hydrogen-bond donors (Lipinski definition) is 2. The average Bonchev–Trinajstić information content (AvgIpc) is 2.80. The number of fused-ring (bicyclic) bond motifs is 1. The van der Waals surface area contributed by atoms with Gasteiger partial charge in [-0.2, -0.15) is 0 Å². The van der Waals surface area contributed by atoms with Crippen LogP contribution in [-0.4, -0.2) is 94.3 Å². The number of hydrogen-bond acceptors (Lipinski definition) is 5. The van der Waals surface area contributed by atoms with E-state index in [1.165, 1.54) is 16.7 Å². The number of carbonyl (C=O) groups excluding carboxylic acids is 2. The molecular formula is C16H20CaN2O5S. The minimum atomic E-state index is -1.03. The Morgan fingerprint density at radius 3 is 2.56 bits per heavy atom. The molecule has 3 rings (SSSR count).